The number of carbonyl (C=O) groups is 1. The second-order valence-corrected chi connectivity index (χ2v) is 6.10. The minimum atomic E-state index is -0.495. The third kappa shape index (κ3) is 2.55. The highest BCUT2D eigenvalue weighted by molar-refractivity contribution is 7.24. The fourth-order valence-corrected chi connectivity index (χ4v) is 3.39. The number of fused-ring (bicyclic) bond motifs is 2. The van der Waals surface area contributed by atoms with Crippen LogP contribution in [-0.2, 0) is 0 Å². The molecular formula is C17H15NO3S. The molecule has 5 heteroatoms. The fourth-order valence-electron chi connectivity index (χ4n) is 2.30. The van der Waals surface area contributed by atoms with Gasteiger partial charge in [-0.25, -0.2) is 0 Å². The molecule has 22 heavy (non-hydrogen) atoms. The first-order chi connectivity index (χ1) is 10.6. The molecule has 3 rings (SSSR count). The minimum absolute atomic E-state index is 0.0540. The summed E-state index contributed by atoms with van der Waals surface area (Å²) in [7, 11) is 0. The maximum Gasteiger partial charge on any atom is 0.248 e. The Labute approximate surface area is 131 Å². The van der Waals surface area contributed by atoms with E-state index in [0.29, 0.717) is 28.7 Å². The van der Waals surface area contributed by atoms with E-state index in [2.05, 4.69) is 0 Å². The van der Waals surface area contributed by atoms with Gasteiger partial charge < -0.3 is 10.5 Å². The molecule has 4 nitrogen and oxygen atoms in total. The minimum Gasteiger partial charge on any atom is -0.494 e. The molecule has 1 amide bonds. The molecule has 0 aliphatic rings. The topological polar surface area (TPSA) is 69.4 Å². The Morgan fingerprint density at radius 1 is 1.14 bits per heavy atom. The highest BCUT2D eigenvalue weighted by Crippen LogP contribution is 2.28. The van der Waals surface area contributed by atoms with Crippen molar-refractivity contribution in [3.8, 4) is 5.75 Å². The van der Waals surface area contributed by atoms with E-state index in [1.54, 1.807) is 24.3 Å². The van der Waals surface area contributed by atoms with Gasteiger partial charge in [0.1, 0.15) is 5.75 Å². The first-order valence-electron chi connectivity index (χ1n) is 7.03. The van der Waals surface area contributed by atoms with Crippen molar-refractivity contribution in [3.63, 3.8) is 0 Å². The second kappa shape index (κ2) is 5.77. The monoisotopic (exact) mass is 313 g/mol. The lowest BCUT2D eigenvalue weighted by atomic mass is 10.1. The Morgan fingerprint density at radius 3 is 2.68 bits per heavy atom. The number of amides is 1. The third-order valence-corrected chi connectivity index (χ3v) is 4.53. The molecule has 0 radical (unpaired) electrons. The summed E-state index contributed by atoms with van der Waals surface area (Å²) in [5, 5.41) is 1.23. The van der Waals surface area contributed by atoms with Gasteiger partial charge in [-0.3, -0.25) is 9.59 Å². The lowest BCUT2D eigenvalue weighted by molar-refractivity contribution is 0.100. The van der Waals surface area contributed by atoms with Crippen molar-refractivity contribution in [2.75, 3.05) is 6.61 Å². The van der Waals surface area contributed by atoms with Gasteiger partial charge >= 0.3 is 0 Å². The van der Waals surface area contributed by atoms with E-state index >= 15 is 0 Å². The number of benzene rings is 2. The molecule has 0 aliphatic heterocycles. The maximum absolute atomic E-state index is 12.6. The predicted octanol–water partition coefficient (Wildman–Crippen LogP) is 3.30. The number of ether oxygens (including phenoxy) is 1. The third-order valence-electron chi connectivity index (χ3n) is 3.40. The largest absolute Gasteiger partial charge is 0.494 e. The van der Waals surface area contributed by atoms with Gasteiger partial charge in [0.25, 0.3) is 0 Å². The highest BCUT2D eigenvalue weighted by Gasteiger charge is 2.09. The first-order valence-corrected chi connectivity index (χ1v) is 7.85. The zero-order valence-electron chi connectivity index (χ0n) is 12.1. The number of primary amides is 1. The van der Waals surface area contributed by atoms with Crippen LogP contribution >= 0.6 is 11.3 Å². The van der Waals surface area contributed by atoms with Gasteiger partial charge in [0.2, 0.25) is 5.91 Å². The van der Waals surface area contributed by atoms with Gasteiger partial charge in [-0.05, 0) is 42.8 Å². The van der Waals surface area contributed by atoms with Crippen molar-refractivity contribution in [2.24, 2.45) is 5.73 Å². The molecule has 0 saturated carbocycles. The average molecular weight is 313 g/mol. The first kappa shape index (κ1) is 14.5. The Morgan fingerprint density at radius 2 is 1.95 bits per heavy atom. The number of hydrogen-bond acceptors (Lipinski definition) is 4. The molecule has 2 N–H and O–H groups in total. The van der Waals surface area contributed by atoms with Crippen LogP contribution < -0.4 is 15.9 Å². The van der Waals surface area contributed by atoms with Crippen LogP contribution in [-0.4, -0.2) is 12.5 Å². The molecule has 0 spiro atoms. The van der Waals surface area contributed by atoms with Crippen molar-refractivity contribution >= 4 is 37.4 Å². The summed E-state index contributed by atoms with van der Waals surface area (Å²) in [5.41, 5.74) is 5.65. The van der Waals surface area contributed by atoms with Crippen molar-refractivity contribution in [2.45, 2.75) is 13.3 Å². The van der Waals surface area contributed by atoms with E-state index in [0.717, 1.165) is 15.8 Å². The summed E-state index contributed by atoms with van der Waals surface area (Å²) in [4.78, 5) is 23.9. The van der Waals surface area contributed by atoms with E-state index in [1.807, 2.05) is 19.1 Å². The summed E-state index contributed by atoms with van der Waals surface area (Å²) in [6, 6.07) is 10.4. The summed E-state index contributed by atoms with van der Waals surface area (Å²) in [6.45, 7) is 2.66. The molecular weight excluding hydrogens is 298 g/mol. The van der Waals surface area contributed by atoms with Gasteiger partial charge in [-0.15, -0.1) is 11.3 Å². The quantitative estimate of drug-likeness (QED) is 0.751. The van der Waals surface area contributed by atoms with Crippen molar-refractivity contribution in [3.05, 3.63) is 52.2 Å². The summed E-state index contributed by atoms with van der Waals surface area (Å²) in [6.07, 6.45) is 0.915. The maximum atomic E-state index is 12.6. The molecule has 0 atom stereocenters. The van der Waals surface area contributed by atoms with Crippen LogP contribution in [0.3, 0.4) is 0 Å². The number of rotatable bonds is 4. The van der Waals surface area contributed by atoms with E-state index in [9.17, 15) is 9.59 Å². The molecule has 3 aromatic rings. The van der Waals surface area contributed by atoms with Crippen LogP contribution in [0.2, 0.25) is 0 Å². The van der Waals surface area contributed by atoms with Crippen LogP contribution in [0, 0.1) is 0 Å². The normalized spacial score (nSPS) is 11.0. The summed E-state index contributed by atoms with van der Waals surface area (Å²) in [5.74, 6) is 0.205. The molecule has 0 bridgehead atoms. The van der Waals surface area contributed by atoms with Gasteiger partial charge in [0.15, 0.2) is 5.43 Å². The van der Waals surface area contributed by atoms with Crippen molar-refractivity contribution in [1.29, 1.82) is 0 Å². The Balaban J connectivity index is 2.22. The zero-order chi connectivity index (χ0) is 15.7. The molecule has 2 aromatic carbocycles. The summed E-state index contributed by atoms with van der Waals surface area (Å²) < 4.78 is 7.21. The summed E-state index contributed by atoms with van der Waals surface area (Å²) >= 11 is 1.47. The van der Waals surface area contributed by atoms with E-state index < -0.39 is 5.91 Å². The van der Waals surface area contributed by atoms with Gasteiger partial charge in [-0.1, -0.05) is 6.92 Å². The van der Waals surface area contributed by atoms with E-state index in [-0.39, 0.29) is 5.43 Å². The second-order valence-electron chi connectivity index (χ2n) is 5.01. The van der Waals surface area contributed by atoms with Gasteiger partial charge in [0, 0.05) is 25.7 Å². The SMILES string of the molecule is CCCOc1ccc2sc3cc(C(N)=O)ccc3c(=O)c2c1. The van der Waals surface area contributed by atoms with Gasteiger partial charge in [-0.2, -0.15) is 0 Å². The molecule has 0 fully saturated rings. The Bertz CT molecular complexity index is 930. The number of carbonyl (C=O) groups excluding carboxylic acids is 1. The predicted molar refractivity (Wildman–Crippen MR) is 89.9 cm³/mol. The Kier molecular flexibility index (Phi) is 3.81. The molecule has 1 heterocycles. The zero-order valence-corrected chi connectivity index (χ0v) is 12.9. The standard InChI is InChI=1S/C17H15NO3S/c1-2-7-21-11-4-6-14-13(9-11)16(19)12-5-3-10(17(18)20)8-15(12)22-14/h3-6,8-9H,2,7H2,1H3,(H2,18,20). The van der Waals surface area contributed by atoms with Crippen molar-refractivity contribution < 1.29 is 9.53 Å². The lowest BCUT2D eigenvalue weighted by Crippen LogP contribution is -2.11. The molecule has 0 aliphatic carbocycles. The molecule has 112 valence electrons. The Hall–Kier alpha value is -2.40. The number of hydrogen-bond donors (Lipinski definition) is 1. The van der Waals surface area contributed by atoms with Crippen LogP contribution in [0.25, 0.3) is 20.2 Å². The van der Waals surface area contributed by atoms with Crippen LogP contribution in [0.4, 0.5) is 0 Å². The van der Waals surface area contributed by atoms with Gasteiger partial charge in [0.05, 0.1) is 6.61 Å². The van der Waals surface area contributed by atoms with Crippen LogP contribution in [0.1, 0.15) is 23.7 Å². The average Bonchev–Trinajstić information content (AvgIpc) is 2.52. The molecule has 0 saturated heterocycles. The fraction of sp³-hybridized carbons (Fsp3) is 0.176. The molecule has 1 aromatic heterocycles. The molecule has 0 unspecified atom stereocenters. The smallest absolute Gasteiger partial charge is 0.248 e. The van der Waals surface area contributed by atoms with Crippen LogP contribution in [0.15, 0.2) is 41.2 Å². The number of nitrogens with two attached hydrogens (primary N) is 1. The van der Waals surface area contributed by atoms with E-state index in [1.165, 1.54) is 11.3 Å². The van der Waals surface area contributed by atoms with Crippen molar-refractivity contribution in [1.82, 2.24) is 0 Å². The highest BCUT2D eigenvalue weighted by atomic mass is 32.1. The lowest BCUT2D eigenvalue weighted by Gasteiger charge is -2.06. The van der Waals surface area contributed by atoms with Crippen LogP contribution in [0.5, 0.6) is 5.75 Å². The van der Waals surface area contributed by atoms with E-state index in [4.69, 9.17) is 10.5 Å².